The second-order valence-electron chi connectivity index (χ2n) is 7.77. The molecule has 2 rings (SSSR count). The lowest BCUT2D eigenvalue weighted by Gasteiger charge is -2.20. The zero-order valence-electron chi connectivity index (χ0n) is 17.2. The maximum absolute atomic E-state index is 12.3. The molecule has 0 saturated heterocycles. The van der Waals surface area contributed by atoms with Gasteiger partial charge in [0.1, 0.15) is 5.60 Å². The van der Waals surface area contributed by atoms with Gasteiger partial charge in [0.05, 0.1) is 0 Å². The fourth-order valence-electron chi connectivity index (χ4n) is 2.59. The third-order valence-corrected chi connectivity index (χ3v) is 3.94. The Labute approximate surface area is 166 Å². The Hall–Kier alpha value is -3.02. The Bertz CT molecular complexity index is 809. The summed E-state index contributed by atoms with van der Waals surface area (Å²) in [5.74, 6) is -0.0790. The fourth-order valence-corrected chi connectivity index (χ4v) is 2.59. The first-order chi connectivity index (χ1) is 13.1. The number of aryl methyl sites for hydroxylation is 1. The molecule has 0 bridgehead atoms. The van der Waals surface area contributed by atoms with Gasteiger partial charge in [-0.3, -0.25) is 10.1 Å². The third kappa shape index (κ3) is 6.95. The lowest BCUT2D eigenvalue weighted by atomic mass is 10.1. The van der Waals surface area contributed by atoms with E-state index in [-0.39, 0.29) is 5.91 Å². The van der Waals surface area contributed by atoms with Gasteiger partial charge in [0.2, 0.25) is 5.91 Å². The van der Waals surface area contributed by atoms with E-state index in [1.54, 1.807) is 6.07 Å². The van der Waals surface area contributed by atoms with Gasteiger partial charge in [0.15, 0.2) is 0 Å². The zero-order valence-corrected chi connectivity index (χ0v) is 17.2. The molecule has 2 aromatic rings. The average Bonchev–Trinajstić information content (AvgIpc) is 2.60. The van der Waals surface area contributed by atoms with E-state index in [1.807, 2.05) is 82.2 Å². The molecule has 150 valence electrons. The standard InChI is InChI=1S/C22H29N3O3/c1-22(2,3)28-21(27)24-19-9-7-6-8-16(19)10-15-20(26)23-17-11-13-18(14-12-17)25(4)5/h6-9,11-14H,10,15H2,1-5H3,(H,23,26)(H,24,27). The first-order valence-electron chi connectivity index (χ1n) is 9.29. The van der Waals surface area contributed by atoms with Crippen LogP contribution >= 0.6 is 0 Å². The molecule has 6 nitrogen and oxygen atoms in total. The monoisotopic (exact) mass is 383 g/mol. The highest BCUT2D eigenvalue weighted by molar-refractivity contribution is 5.91. The van der Waals surface area contributed by atoms with Crippen LogP contribution < -0.4 is 15.5 Å². The summed E-state index contributed by atoms with van der Waals surface area (Å²) in [6.07, 6.45) is 0.307. The van der Waals surface area contributed by atoms with Gasteiger partial charge >= 0.3 is 6.09 Å². The first kappa shape index (κ1) is 21.3. The summed E-state index contributed by atoms with van der Waals surface area (Å²) >= 11 is 0. The minimum atomic E-state index is -0.568. The quantitative estimate of drug-likeness (QED) is 0.760. The summed E-state index contributed by atoms with van der Waals surface area (Å²) < 4.78 is 5.29. The highest BCUT2D eigenvalue weighted by Gasteiger charge is 2.17. The number of hydrogen-bond donors (Lipinski definition) is 2. The molecule has 2 amide bonds. The second kappa shape index (κ2) is 9.26. The number of nitrogens with one attached hydrogen (secondary N) is 2. The van der Waals surface area contributed by atoms with Crippen LogP contribution in [0.2, 0.25) is 0 Å². The molecular weight excluding hydrogens is 354 g/mol. The van der Waals surface area contributed by atoms with E-state index in [0.717, 1.165) is 16.9 Å². The number of carbonyl (C=O) groups is 2. The average molecular weight is 383 g/mol. The van der Waals surface area contributed by atoms with Crippen LogP contribution in [-0.2, 0) is 16.0 Å². The topological polar surface area (TPSA) is 70.7 Å². The summed E-state index contributed by atoms with van der Waals surface area (Å²) in [5, 5.41) is 5.66. The van der Waals surface area contributed by atoms with E-state index in [2.05, 4.69) is 10.6 Å². The molecule has 0 saturated carbocycles. The van der Waals surface area contributed by atoms with Crippen molar-refractivity contribution >= 4 is 29.1 Å². The van der Waals surface area contributed by atoms with Crippen molar-refractivity contribution in [3.8, 4) is 0 Å². The second-order valence-corrected chi connectivity index (χ2v) is 7.77. The lowest BCUT2D eigenvalue weighted by molar-refractivity contribution is -0.116. The minimum absolute atomic E-state index is 0.0790. The molecule has 2 N–H and O–H groups in total. The van der Waals surface area contributed by atoms with Crippen molar-refractivity contribution in [1.82, 2.24) is 0 Å². The number of benzene rings is 2. The van der Waals surface area contributed by atoms with Crippen molar-refractivity contribution in [2.45, 2.75) is 39.2 Å². The van der Waals surface area contributed by atoms with Crippen LogP contribution in [-0.4, -0.2) is 31.7 Å². The van der Waals surface area contributed by atoms with Gasteiger partial charge in [-0.1, -0.05) is 18.2 Å². The van der Waals surface area contributed by atoms with Gasteiger partial charge in [0.25, 0.3) is 0 Å². The van der Waals surface area contributed by atoms with E-state index < -0.39 is 11.7 Å². The van der Waals surface area contributed by atoms with Crippen molar-refractivity contribution < 1.29 is 14.3 Å². The van der Waals surface area contributed by atoms with Gasteiger partial charge in [-0.25, -0.2) is 4.79 Å². The summed E-state index contributed by atoms with van der Waals surface area (Å²) in [4.78, 5) is 26.3. The molecule has 0 aliphatic heterocycles. The Morgan fingerprint density at radius 2 is 1.61 bits per heavy atom. The molecule has 0 aliphatic carbocycles. The number of hydrogen-bond acceptors (Lipinski definition) is 4. The van der Waals surface area contributed by atoms with Crippen LogP contribution in [0.4, 0.5) is 21.9 Å². The third-order valence-electron chi connectivity index (χ3n) is 3.94. The Morgan fingerprint density at radius 1 is 0.964 bits per heavy atom. The van der Waals surface area contributed by atoms with E-state index in [0.29, 0.717) is 18.5 Å². The smallest absolute Gasteiger partial charge is 0.412 e. The summed E-state index contributed by atoms with van der Waals surface area (Å²) in [7, 11) is 3.94. The van der Waals surface area contributed by atoms with Gasteiger partial charge in [-0.2, -0.15) is 0 Å². The van der Waals surface area contributed by atoms with Crippen molar-refractivity contribution in [1.29, 1.82) is 0 Å². The SMILES string of the molecule is CN(C)c1ccc(NC(=O)CCc2ccccc2NC(=O)OC(C)(C)C)cc1. The maximum atomic E-state index is 12.3. The highest BCUT2D eigenvalue weighted by atomic mass is 16.6. The van der Waals surface area contributed by atoms with E-state index in [4.69, 9.17) is 4.74 Å². The molecule has 0 spiro atoms. The minimum Gasteiger partial charge on any atom is -0.444 e. The van der Waals surface area contributed by atoms with Crippen LogP contribution in [0.3, 0.4) is 0 Å². The highest BCUT2D eigenvalue weighted by Crippen LogP contribution is 2.20. The predicted octanol–water partition coefficient (Wildman–Crippen LogP) is 4.67. The normalized spacial score (nSPS) is 10.9. The Morgan fingerprint density at radius 3 is 2.21 bits per heavy atom. The summed E-state index contributed by atoms with van der Waals surface area (Å²) in [6.45, 7) is 5.44. The van der Waals surface area contributed by atoms with Gasteiger partial charge in [-0.15, -0.1) is 0 Å². The van der Waals surface area contributed by atoms with Crippen LogP contribution in [0.5, 0.6) is 0 Å². The number of para-hydroxylation sites is 1. The molecule has 0 aromatic heterocycles. The number of rotatable bonds is 6. The molecule has 0 atom stereocenters. The van der Waals surface area contributed by atoms with Crippen molar-refractivity contribution in [2.75, 3.05) is 29.6 Å². The molecule has 0 radical (unpaired) electrons. The van der Waals surface area contributed by atoms with E-state index >= 15 is 0 Å². The van der Waals surface area contributed by atoms with E-state index in [1.165, 1.54) is 0 Å². The van der Waals surface area contributed by atoms with Crippen molar-refractivity contribution in [2.24, 2.45) is 0 Å². The van der Waals surface area contributed by atoms with Crippen LogP contribution in [0.15, 0.2) is 48.5 Å². The summed E-state index contributed by atoms with van der Waals surface area (Å²) in [5.41, 5.74) is 2.79. The molecular formula is C22H29N3O3. The van der Waals surface area contributed by atoms with Gasteiger partial charge < -0.3 is 15.0 Å². The first-order valence-corrected chi connectivity index (χ1v) is 9.29. The molecule has 0 heterocycles. The number of ether oxygens (including phenoxy) is 1. The lowest BCUT2D eigenvalue weighted by Crippen LogP contribution is -2.27. The number of anilines is 3. The number of nitrogens with zero attached hydrogens (tertiary/aromatic N) is 1. The molecule has 2 aromatic carbocycles. The summed E-state index contributed by atoms with van der Waals surface area (Å²) in [6, 6.07) is 15.1. The zero-order chi connectivity index (χ0) is 20.7. The maximum Gasteiger partial charge on any atom is 0.412 e. The van der Waals surface area contributed by atoms with Gasteiger partial charge in [0, 0.05) is 37.6 Å². The number of amides is 2. The van der Waals surface area contributed by atoms with Crippen molar-refractivity contribution in [3.05, 3.63) is 54.1 Å². The van der Waals surface area contributed by atoms with Crippen LogP contribution in [0.1, 0.15) is 32.8 Å². The van der Waals surface area contributed by atoms with Crippen molar-refractivity contribution in [3.63, 3.8) is 0 Å². The Kier molecular flexibility index (Phi) is 7.04. The molecule has 0 unspecified atom stereocenters. The predicted molar refractivity (Wildman–Crippen MR) is 114 cm³/mol. The van der Waals surface area contributed by atoms with Crippen LogP contribution in [0.25, 0.3) is 0 Å². The molecule has 0 fully saturated rings. The Balaban J connectivity index is 1.93. The van der Waals surface area contributed by atoms with E-state index in [9.17, 15) is 9.59 Å². The van der Waals surface area contributed by atoms with Gasteiger partial charge in [-0.05, 0) is 63.1 Å². The largest absolute Gasteiger partial charge is 0.444 e. The fraction of sp³-hybridized carbons (Fsp3) is 0.364. The number of carbonyl (C=O) groups excluding carboxylic acids is 2. The molecule has 6 heteroatoms. The van der Waals surface area contributed by atoms with Crippen LogP contribution in [0, 0.1) is 0 Å². The molecule has 28 heavy (non-hydrogen) atoms. The molecule has 0 aliphatic rings.